The molecule has 0 aliphatic heterocycles. The lowest BCUT2D eigenvalue weighted by Gasteiger charge is -2.16. The van der Waals surface area contributed by atoms with Gasteiger partial charge in [-0.2, -0.15) is 0 Å². The number of para-hydroxylation sites is 1. The van der Waals surface area contributed by atoms with E-state index in [-0.39, 0.29) is 11.2 Å². The third-order valence-corrected chi connectivity index (χ3v) is 7.29. The third kappa shape index (κ3) is 5.67. The summed E-state index contributed by atoms with van der Waals surface area (Å²) < 4.78 is 1.99. The first-order valence-corrected chi connectivity index (χ1v) is 12.0. The Balaban J connectivity index is 1.64. The second kappa shape index (κ2) is 10.7. The van der Waals surface area contributed by atoms with Crippen LogP contribution >= 0.6 is 23.5 Å². The highest BCUT2D eigenvalue weighted by atomic mass is 32.2. The molecule has 7 heteroatoms. The number of aryl methyl sites for hydroxylation is 2. The van der Waals surface area contributed by atoms with Gasteiger partial charge in [-0.25, -0.2) is 0 Å². The summed E-state index contributed by atoms with van der Waals surface area (Å²) in [5.41, 5.74) is 3.28. The molecular formula is C23H28N4OS2. The number of benzene rings is 2. The maximum Gasteiger partial charge on any atom is 0.237 e. The zero-order valence-electron chi connectivity index (χ0n) is 17.9. The van der Waals surface area contributed by atoms with Crippen molar-refractivity contribution in [1.82, 2.24) is 14.8 Å². The Labute approximate surface area is 187 Å². The minimum Gasteiger partial charge on any atom is -0.325 e. The summed E-state index contributed by atoms with van der Waals surface area (Å²) in [6, 6.07) is 16.4. The van der Waals surface area contributed by atoms with Crippen LogP contribution in [0.15, 0.2) is 58.6 Å². The number of rotatable bonds is 9. The van der Waals surface area contributed by atoms with Gasteiger partial charge in [0.1, 0.15) is 5.82 Å². The summed E-state index contributed by atoms with van der Waals surface area (Å²) in [7, 11) is 1.96. The van der Waals surface area contributed by atoms with Gasteiger partial charge in [0.05, 0.1) is 11.0 Å². The Bertz CT molecular complexity index is 985. The van der Waals surface area contributed by atoms with Crippen molar-refractivity contribution in [2.75, 3.05) is 5.32 Å². The van der Waals surface area contributed by atoms with Crippen LogP contribution in [0.1, 0.15) is 37.2 Å². The summed E-state index contributed by atoms with van der Waals surface area (Å²) in [5, 5.41) is 12.3. The number of carbonyl (C=O) groups is 1. The molecule has 1 N–H and O–H groups in total. The molecule has 0 aliphatic carbocycles. The summed E-state index contributed by atoms with van der Waals surface area (Å²) >= 11 is 3.20. The van der Waals surface area contributed by atoms with E-state index in [2.05, 4.69) is 53.6 Å². The van der Waals surface area contributed by atoms with Gasteiger partial charge in [0, 0.05) is 17.6 Å². The van der Waals surface area contributed by atoms with Gasteiger partial charge in [0.15, 0.2) is 5.16 Å². The van der Waals surface area contributed by atoms with Gasteiger partial charge in [-0.15, -0.1) is 22.0 Å². The van der Waals surface area contributed by atoms with Crippen LogP contribution in [-0.2, 0) is 24.0 Å². The standard InChI is InChI=1S/C23H28N4OS2/c1-5-17-9-7-8-10-19(17)24-22(28)20(6-2)30-23-26-25-21(27(23)4)15-29-18-13-11-16(3)12-14-18/h7-14,20H,5-6,15H2,1-4H3,(H,24,28). The molecule has 0 radical (unpaired) electrons. The molecule has 1 amide bonds. The van der Waals surface area contributed by atoms with Crippen LogP contribution in [0.3, 0.4) is 0 Å². The molecule has 1 unspecified atom stereocenters. The highest BCUT2D eigenvalue weighted by Gasteiger charge is 2.22. The monoisotopic (exact) mass is 440 g/mol. The van der Waals surface area contributed by atoms with E-state index < -0.39 is 0 Å². The molecule has 0 fully saturated rings. The van der Waals surface area contributed by atoms with Gasteiger partial charge in [0.2, 0.25) is 5.91 Å². The van der Waals surface area contributed by atoms with Crippen LogP contribution in [0.25, 0.3) is 0 Å². The number of hydrogen-bond donors (Lipinski definition) is 1. The maximum absolute atomic E-state index is 12.9. The van der Waals surface area contributed by atoms with Crippen LogP contribution in [-0.4, -0.2) is 25.9 Å². The van der Waals surface area contributed by atoms with Gasteiger partial charge in [-0.3, -0.25) is 4.79 Å². The Kier molecular flexibility index (Phi) is 7.99. The van der Waals surface area contributed by atoms with Crippen molar-refractivity contribution >= 4 is 35.1 Å². The summed E-state index contributed by atoms with van der Waals surface area (Å²) in [6.07, 6.45) is 1.59. The SMILES string of the molecule is CCc1ccccc1NC(=O)C(CC)Sc1nnc(CSc2ccc(C)cc2)n1C. The van der Waals surface area contributed by atoms with E-state index in [0.29, 0.717) is 6.42 Å². The Morgan fingerprint density at radius 1 is 1.10 bits per heavy atom. The summed E-state index contributed by atoms with van der Waals surface area (Å²) in [6.45, 7) is 6.20. The predicted octanol–water partition coefficient (Wildman–Crippen LogP) is 5.49. The number of nitrogens with one attached hydrogen (secondary N) is 1. The molecule has 3 aromatic rings. The molecule has 1 aromatic heterocycles. The zero-order chi connectivity index (χ0) is 21.5. The molecule has 3 rings (SSSR count). The average Bonchev–Trinajstić information content (AvgIpc) is 3.11. The molecule has 158 valence electrons. The topological polar surface area (TPSA) is 59.8 Å². The van der Waals surface area contributed by atoms with Crippen molar-refractivity contribution in [1.29, 1.82) is 0 Å². The van der Waals surface area contributed by atoms with Crippen molar-refractivity contribution in [3.63, 3.8) is 0 Å². The molecule has 0 aliphatic rings. The van der Waals surface area contributed by atoms with Crippen LogP contribution < -0.4 is 5.32 Å². The van der Waals surface area contributed by atoms with E-state index in [4.69, 9.17) is 0 Å². The fourth-order valence-electron chi connectivity index (χ4n) is 2.97. The number of hydrogen-bond acceptors (Lipinski definition) is 5. The smallest absolute Gasteiger partial charge is 0.237 e. The first-order chi connectivity index (χ1) is 14.5. The van der Waals surface area contributed by atoms with Gasteiger partial charge in [-0.05, 0) is 43.5 Å². The van der Waals surface area contributed by atoms with E-state index >= 15 is 0 Å². The van der Waals surface area contributed by atoms with Crippen LogP contribution in [0.2, 0.25) is 0 Å². The highest BCUT2D eigenvalue weighted by Crippen LogP contribution is 2.28. The van der Waals surface area contributed by atoms with Gasteiger partial charge in [0.25, 0.3) is 0 Å². The molecule has 2 aromatic carbocycles. The van der Waals surface area contributed by atoms with Crippen molar-refractivity contribution in [2.45, 2.75) is 54.7 Å². The molecular weight excluding hydrogens is 412 g/mol. The first kappa shape index (κ1) is 22.4. The number of anilines is 1. The average molecular weight is 441 g/mol. The Hall–Kier alpha value is -2.25. The number of aromatic nitrogens is 3. The number of thioether (sulfide) groups is 2. The lowest BCUT2D eigenvalue weighted by atomic mass is 10.1. The fourth-order valence-corrected chi connectivity index (χ4v) is 4.78. The lowest BCUT2D eigenvalue weighted by molar-refractivity contribution is -0.115. The van der Waals surface area contributed by atoms with Gasteiger partial charge >= 0.3 is 0 Å². The fraction of sp³-hybridized carbons (Fsp3) is 0.348. The van der Waals surface area contributed by atoms with Gasteiger partial charge < -0.3 is 9.88 Å². The lowest BCUT2D eigenvalue weighted by Crippen LogP contribution is -2.25. The van der Waals surface area contributed by atoms with Crippen molar-refractivity contribution < 1.29 is 4.79 Å². The minimum atomic E-state index is -0.226. The van der Waals surface area contributed by atoms with E-state index in [0.717, 1.165) is 34.4 Å². The maximum atomic E-state index is 12.9. The van der Waals surface area contributed by atoms with E-state index in [1.165, 1.54) is 22.2 Å². The number of carbonyl (C=O) groups excluding carboxylic acids is 1. The molecule has 1 atom stereocenters. The first-order valence-electron chi connectivity index (χ1n) is 10.1. The van der Waals surface area contributed by atoms with Crippen LogP contribution in [0, 0.1) is 6.92 Å². The quantitative estimate of drug-likeness (QED) is 0.446. The van der Waals surface area contributed by atoms with Crippen molar-refractivity contribution in [3.8, 4) is 0 Å². The second-order valence-electron chi connectivity index (χ2n) is 7.07. The molecule has 30 heavy (non-hydrogen) atoms. The normalized spacial score (nSPS) is 12.0. The molecule has 0 saturated heterocycles. The molecule has 5 nitrogen and oxygen atoms in total. The largest absolute Gasteiger partial charge is 0.325 e. The molecule has 1 heterocycles. The second-order valence-corrected chi connectivity index (χ2v) is 9.29. The Morgan fingerprint density at radius 2 is 1.83 bits per heavy atom. The molecule has 0 saturated carbocycles. The van der Waals surface area contributed by atoms with Gasteiger partial charge in [-0.1, -0.05) is 61.5 Å². The molecule has 0 spiro atoms. The van der Waals surface area contributed by atoms with Crippen LogP contribution in [0.5, 0.6) is 0 Å². The van der Waals surface area contributed by atoms with Crippen molar-refractivity contribution in [2.24, 2.45) is 7.05 Å². The minimum absolute atomic E-state index is 0.00183. The third-order valence-electron chi connectivity index (χ3n) is 4.88. The number of amides is 1. The highest BCUT2D eigenvalue weighted by molar-refractivity contribution is 8.00. The predicted molar refractivity (Wildman–Crippen MR) is 126 cm³/mol. The molecule has 0 bridgehead atoms. The number of nitrogens with zero attached hydrogens (tertiary/aromatic N) is 3. The van der Waals surface area contributed by atoms with Crippen LogP contribution in [0.4, 0.5) is 5.69 Å². The summed E-state index contributed by atoms with van der Waals surface area (Å²) in [5.74, 6) is 1.64. The van der Waals surface area contributed by atoms with Crippen molar-refractivity contribution in [3.05, 3.63) is 65.5 Å². The van der Waals surface area contributed by atoms with E-state index in [1.54, 1.807) is 11.8 Å². The van der Waals surface area contributed by atoms with E-state index in [9.17, 15) is 4.79 Å². The summed E-state index contributed by atoms with van der Waals surface area (Å²) in [4.78, 5) is 14.1. The zero-order valence-corrected chi connectivity index (χ0v) is 19.5. The van der Waals surface area contributed by atoms with E-state index in [1.807, 2.05) is 42.8 Å². The Morgan fingerprint density at radius 3 is 2.53 bits per heavy atom.